The minimum Gasteiger partial charge on any atom is -0.314 e. The SMILES string of the molecule is O=C(N/C=C/c1ccsc1)Nc1cc(C(F)(F)F)cc(C(F)(F)F)c1. The number of anilines is 1. The highest BCUT2D eigenvalue weighted by Crippen LogP contribution is 2.37. The zero-order valence-corrected chi connectivity index (χ0v) is 13.0. The predicted molar refractivity (Wildman–Crippen MR) is 82.0 cm³/mol. The summed E-state index contributed by atoms with van der Waals surface area (Å²) in [5.41, 5.74) is -2.86. The molecule has 2 amide bonds. The molecule has 0 saturated heterocycles. The number of halogens is 6. The lowest BCUT2D eigenvalue weighted by molar-refractivity contribution is -0.143. The molecule has 10 heteroatoms. The normalized spacial score (nSPS) is 12.4. The van der Waals surface area contributed by atoms with Crippen LogP contribution in [-0.2, 0) is 12.4 Å². The third kappa shape index (κ3) is 5.52. The van der Waals surface area contributed by atoms with Gasteiger partial charge in [-0.15, -0.1) is 0 Å². The number of nitrogens with one attached hydrogen (secondary N) is 2. The highest BCUT2D eigenvalue weighted by atomic mass is 32.1. The summed E-state index contributed by atoms with van der Waals surface area (Å²) in [6, 6.07) is 1.62. The number of hydrogen-bond acceptors (Lipinski definition) is 2. The quantitative estimate of drug-likeness (QED) is 0.671. The van der Waals surface area contributed by atoms with E-state index in [1.807, 2.05) is 5.32 Å². The molecule has 0 saturated carbocycles. The van der Waals surface area contributed by atoms with Crippen molar-refractivity contribution in [2.45, 2.75) is 12.4 Å². The minimum atomic E-state index is -4.98. The molecule has 2 rings (SSSR count). The third-order valence-electron chi connectivity index (χ3n) is 2.88. The third-order valence-corrected chi connectivity index (χ3v) is 3.58. The number of hydrogen-bond donors (Lipinski definition) is 2. The lowest BCUT2D eigenvalue weighted by Gasteiger charge is -2.14. The molecule has 0 fully saturated rings. The van der Waals surface area contributed by atoms with Gasteiger partial charge in [-0.25, -0.2) is 4.79 Å². The molecule has 134 valence electrons. The first-order valence-electron chi connectivity index (χ1n) is 6.61. The van der Waals surface area contributed by atoms with Gasteiger partial charge >= 0.3 is 18.4 Å². The van der Waals surface area contributed by atoms with E-state index in [1.165, 1.54) is 23.6 Å². The van der Waals surface area contributed by atoms with E-state index in [2.05, 4.69) is 5.32 Å². The van der Waals surface area contributed by atoms with Gasteiger partial charge in [0, 0.05) is 11.9 Å². The fourth-order valence-electron chi connectivity index (χ4n) is 1.78. The van der Waals surface area contributed by atoms with Gasteiger partial charge in [-0.3, -0.25) is 0 Å². The number of amides is 2. The van der Waals surface area contributed by atoms with Crippen LogP contribution in [0.1, 0.15) is 16.7 Å². The fraction of sp³-hybridized carbons (Fsp3) is 0.133. The molecule has 0 aliphatic heterocycles. The number of carbonyl (C=O) groups excluding carboxylic acids is 1. The first kappa shape index (κ1) is 18.8. The van der Waals surface area contributed by atoms with Gasteiger partial charge in [-0.1, -0.05) is 0 Å². The molecule has 0 spiro atoms. The number of benzene rings is 1. The maximum Gasteiger partial charge on any atom is 0.416 e. The lowest BCUT2D eigenvalue weighted by Crippen LogP contribution is -2.24. The van der Waals surface area contributed by atoms with Crippen LogP contribution in [0.25, 0.3) is 6.08 Å². The van der Waals surface area contributed by atoms with Crippen LogP contribution in [0.5, 0.6) is 0 Å². The molecule has 1 aromatic heterocycles. The Labute approximate surface area is 142 Å². The molecule has 2 N–H and O–H groups in total. The Kier molecular flexibility index (Phi) is 5.41. The monoisotopic (exact) mass is 380 g/mol. The van der Waals surface area contributed by atoms with Gasteiger partial charge in [-0.05, 0) is 46.7 Å². The Morgan fingerprint density at radius 1 is 1.00 bits per heavy atom. The summed E-state index contributed by atoms with van der Waals surface area (Å²) in [6.45, 7) is 0. The summed E-state index contributed by atoms with van der Waals surface area (Å²) in [6.07, 6.45) is -7.22. The van der Waals surface area contributed by atoms with Crippen LogP contribution >= 0.6 is 11.3 Å². The summed E-state index contributed by atoms with van der Waals surface area (Å²) in [5, 5.41) is 7.71. The largest absolute Gasteiger partial charge is 0.416 e. The summed E-state index contributed by atoms with van der Waals surface area (Å²) in [5.74, 6) is 0. The molecule has 25 heavy (non-hydrogen) atoms. The van der Waals surface area contributed by atoms with E-state index in [-0.39, 0.29) is 6.07 Å². The minimum absolute atomic E-state index is 0.0143. The summed E-state index contributed by atoms with van der Waals surface area (Å²) in [7, 11) is 0. The van der Waals surface area contributed by atoms with Gasteiger partial charge in [0.25, 0.3) is 0 Å². The van der Waals surface area contributed by atoms with E-state index in [9.17, 15) is 31.1 Å². The highest BCUT2D eigenvalue weighted by molar-refractivity contribution is 7.08. The Bertz CT molecular complexity index is 733. The zero-order valence-electron chi connectivity index (χ0n) is 12.2. The smallest absolute Gasteiger partial charge is 0.314 e. The number of thiophene rings is 1. The summed E-state index contributed by atoms with van der Waals surface area (Å²) < 4.78 is 76.4. The zero-order chi connectivity index (χ0) is 18.7. The lowest BCUT2D eigenvalue weighted by atomic mass is 10.1. The van der Waals surface area contributed by atoms with Crippen LogP contribution in [0, 0.1) is 0 Å². The van der Waals surface area contributed by atoms with Crippen LogP contribution in [-0.4, -0.2) is 6.03 Å². The van der Waals surface area contributed by atoms with Crippen molar-refractivity contribution in [3.8, 4) is 0 Å². The number of carbonyl (C=O) groups is 1. The summed E-state index contributed by atoms with van der Waals surface area (Å²) in [4.78, 5) is 11.6. The van der Waals surface area contributed by atoms with Crippen molar-refractivity contribution < 1.29 is 31.1 Å². The molecule has 1 heterocycles. The molecule has 0 atom stereocenters. The number of urea groups is 1. The molecule has 0 bridgehead atoms. The number of rotatable bonds is 3. The second kappa shape index (κ2) is 7.18. The van der Waals surface area contributed by atoms with Crippen molar-refractivity contribution in [1.29, 1.82) is 0 Å². The maximum atomic E-state index is 12.7. The fourth-order valence-corrected chi connectivity index (χ4v) is 2.41. The van der Waals surface area contributed by atoms with Crippen molar-refractivity contribution in [2.75, 3.05) is 5.32 Å². The molecule has 0 aliphatic rings. The summed E-state index contributed by atoms with van der Waals surface area (Å²) >= 11 is 1.42. The molecule has 2 aromatic rings. The van der Waals surface area contributed by atoms with Crippen molar-refractivity contribution in [3.05, 3.63) is 57.9 Å². The first-order valence-corrected chi connectivity index (χ1v) is 7.56. The van der Waals surface area contributed by atoms with E-state index in [4.69, 9.17) is 0 Å². The van der Waals surface area contributed by atoms with Crippen molar-refractivity contribution in [1.82, 2.24) is 5.32 Å². The molecule has 0 aliphatic carbocycles. The Morgan fingerprint density at radius 2 is 1.60 bits per heavy atom. The van der Waals surface area contributed by atoms with Gasteiger partial charge in [0.2, 0.25) is 0 Å². The molecule has 0 radical (unpaired) electrons. The molecule has 1 aromatic carbocycles. The van der Waals surface area contributed by atoms with Crippen molar-refractivity contribution >= 4 is 29.1 Å². The maximum absolute atomic E-state index is 12.7. The topological polar surface area (TPSA) is 41.1 Å². The van der Waals surface area contributed by atoms with Gasteiger partial charge < -0.3 is 10.6 Å². The molecular weight excluding hydrogens is 370 g/mol. The Hall–Kier alpha value is -2.49. The number of alkyl halides is 6. The van der Waals surface area contributed by atoms with Crippen LogP contribution in [0.4, 0.5) is 36.8 Å². The predicted octanol–water partition coefficient (Wildman–Crippen LogP) is 5.58. The molecular formula is C15H10F6N2OS. The van der Waals surface area contributed by atoms with Crippen molar-refractivity contribution in [3.63, 3.8) is 0 Å². The molecule has 0 unspecified atom stereocenters. The highest BCUT2D eigenvalue weighted by Gasteiger charge is 2.37. The van der Waals surface area contributed by atoms with Gasteiger partial charge in [0.1, 0.15) is 0 Å². The molecule has 3 nitrogen and oxygen atoms in total. The van der Waals surface area contributed by atoms with Crippen LogP contribution in [0.3, 0.4) is 0 Å². The van der Waals surface area contributed by atoms with Crippen molar-refractivity contribution in [2.24, 2.45) is 0 Å². The van der Waals surface area contributed by atoms with Gasteiger partial charge in [-0.2, -0.15) is 37.7 Å². The standard InChI is InChI=1S/C15H10F6N2OS/c16-14(17,18)10-5-11(15(19,20)21)7-12(6-10)23-13(24)22-3-1-9-2-4-25-8-9/h1-8H,(H2,22,23,24)/b3-1+. The average molecular weight is 380 g/mol. The average Bonchev–Trinajstić information content (AvgIpc) is 2.98. The Balaban J connectivity index is 2.16. The van der Waals surface area contributed by atoms with E-state index in [1.54, 1.807) is 16.8 Å². The van der Waals surface area contributed by atoms with E-state index in [0.717, 1.165) is 5.56 Å². The first-order chi connectivity index (χ1) is 11.6. The van der Waals surface area contributed by atoms with Crippen LogP contribution < -0.4 is 10.6 Å². The Morgan fingerprint density at radius 3 is 2.08 bits per heavy atom. The van der Waals surface area contributed by atoms with Crippen LogP contribution in [0.15, 0.2) is 41.2 Å². The van der Waals surface area contributed by atoms with E-state index < -0.39 is 35.2 Å². The van der Waals surface area contributed by atoms with Crippen LogP contribution in [0.2, 0.25) is 0 Å². The van der Waals surface area contributed by atoms with E-state index >= 15 is 0 Å². The second-order valence-corrected chi connectivity index (χ2v) is 5.56. The van der Waals surface area contributed by atoms with E-state index in [0.29, 0.717) is 12.1 Å². The second-order valence-electron chi connectivity index (χ2n) is 4.78. The van der Waals surface area contributed by atoms with Gasteiger partial charge in [0.05, 0.1) is 11.1 Å². The van der Waals surface area contributed by atoms with Gasteiger partial charge in [0.15, 0.2) is 0 Å².